The van der Waals surface area contributed by atoms with Gasteiger partial charge in [0, 0.05) is 120 Å². The van der Waals surface area contributed by atoms with Gasteiger partial charge in [0.25, 0.3) is 5.91 Å². The van der Waals surface area contributed by atoms with Crippen LogP contribution in [0.5, 0.6) is 5.75 Å². The molecule has 3 aromatic heterocycles. The molecular formula is C50H56F2N12O5. The van der Waals surface area contributed by atoms with Crippen molar-refractivity contribution in [2.75, 3.05) is 100 Å². The van der Waals surface area contributed by atoms with Crippen molar-refractivity contribution in [3.8, 4) is 22.9 Å². The molecule has 0 saturated carbocycles. The van der Waals surface area contributed by atoms with Crippen LogP contribution in [0.25, 0.3) is 16.6 Å². The number of halogens is 2. The standard InChI is InChI=1S/C50H56F2N12O5/c1-2-69-39-28-40(47-35(29-53)31-55-64(47)32-39)34-3-11-44(54-30-34)62-17-14-50(15-18-62,58-48(67)41-27-36(51)4-9-42(41)52)33-60-21-25-63(26-22-60)46(66)13-16-59-19-23-61(24-20-59)38-7-5-37(6-8-38)56-43-10-12-45(65)57-49(43)68/h3-9,11,27-28,30-32,43,56H,2,10,12-26,33H2,1H3,(H,58,67)(H,57,65,68). The van der Waals surface area contributed by atoms with Gasteiger partial charge >= 0.3 is 0 Å². The number of nitrogens with one attached hydrogen (secondary N) is 3. The average molecular weight is 943 g/mol. The van der Waals surface area contributed by atoms with Crippen LogP contribution >= 0.6 is 0 Å². The van der Waals surface area contributed by atoms with E-state index in [4.69, 9.17) is 9.72 Å². The summed E-state index contributed by atoms with van der Waals surface area (Å²) in [7, 11) is 0. The van der Waals surface area contributed by atoms with Crippen LogP contribution in [0.15, 0.2) is 79.3 Å². The monoisotopic (exact) mass is 942 g/mol. The molecule has 7 heterocycles. The topological polar surface area (TPSA) is 184 Å². The molecule has 0 radical (unpaired) electrons. The van der Waals surface area contributed by atoms with E-state index in [-0.39, 0.29) is 23.3 Å². The van der Waals surface area contributed by atoms with Gasteiger partial charge in [0.15, 0.2) is 0 Å². The van der Waals surface area contributed by atoms with Crippen LogP contribution in [-0.4, -0.2) is 150 Å². The Labute approximate surface area is 399 Å². The van der Waals surface area contributed by atoms with Crippen molar-refractivity contribution >= 4 is 46.3 Å². The fraction of sp³-hybridized carbons (Fsp3) is 0.420. The van der Waals surface area contributed by atoms with Gasteiger partial charge in [-0.05, 0) is 86.8 Å². The van der Waals surface area contributed by atoms with Gasteiger partial charge in [-0.1, -0.05) is 0 Å². The molecule has 19 heteroatoms. The van der Waals surface area contributed by atoms with Crippen molar-refractivity contribution < 1.29 is 32.7 Å². The number of piperazine rings is 2. The molecule has 2 aromatic carbocycles. The number of nitrogens with zero attached hydrogens (tertiary/aromatic N) is 9. The summed E-state index contributed by atoms with van der Waals surface area (Å²) in [5.74, 6) is -1.25. The summed E-state index contributed by atoms with van der Waals surface area (Å²) in [6.07, 6.45) is 7.26. The molecule has 4 amide bonds. The number of anilines is 3. The second-order valence-electron chi connectivity index (χ2n) is 18.2. The summed E-state index contributed by atoms with van der Waals surface area (Å²) in [6, 6.07) is 18.4. The maximum absolute atomic E-state index is 14.9. The molecule has 0 aliphatic carbocycles. The third-order valence-corrected chi connectivity index (χ3v) is 13.8. The number of benzene rings is 2. The van der Waals surface area contributed by atoms with Crippen LogP contribution in [0, 0.1) is 23.0 Å². The smallest absolute Gasteiger partial charge is 0.254 e. The van der Waals surface area contributed by atoms with E-state index < -0.39 is 29.1 Å². The first-order valence-electron chi connectivity index (χ1n) is 23.7. The molecule has 0 spiro atoms. The molecule has 4 aliphatic rings. The third-order valence-electron chi connectivity index (χ3n) is 13.8. The van der Waals surface area contributed by atoms with Crippen molar-refractivity contribution in [1.82, 2.24) is 39.9 Å². The highest BCUT2D eigenvalue weighted by molar-refractivity contribution is 6.01. The minimum atomic E-state index is -0.797. The zero-order valence-corrected chi connectivity index (χ0v) is 38.6. The molecule has 9 rings (SSSR count). The minimum absolute atomic E-state index is 0.106. The number of fused-ring (bicyclic) bond motifs is 1. The molecule has 69 heavy (non-hydrogen) atoms. The Bertz CT molecular complexity index is 2720. The van der Waals surface area contributed by atoms with Crippen LogP contribution in [0.2, 0.25) is 0 Å². The SMILES string of the molecule is CCOc1cc(-c2ccc(N3CCC(CN4CCN(C(=O)CCN5CCN(c6ccc(NC7CCC(=O)NC7=O)cc6)CC5)CC4)(NC(=O)c4cc(F)ccc4F)CC3)nc2)c2c(C#N)cnn2c1. The molecule has 4 aliphatic heterocycles. The number of aromatic nitrogens is 3. The second-order valence-corrected chi connectivity index (χ2v) is 18.2. The number of carbonyl (C=O) groups excluding carboxylic acids is 4. The van der Waals surface area contributed by atoms with Crippen molar-refractivity contribution in [3.63, 3.8) is 0 Å². The Kier molecular flexibility index (Phi) is 14.0. The van der Waals surface area contributed by atoms with Crippen LogP contribution in [-0.2, 0) is 14.4 Å². The number of pyridine rings is 2. The first-order valence-corrected chi connectivity index (χ1v) is 23.7. The first-order chi connectivity index (χ1) is 33.5. The molecule has 1 atom stereocenters. The fourth-order valence-corrected chi connectivity index (χ4v) is 9.87. The summed E-state index contributed by atoms with van der Waals surface area (Å²) in [5, 5.41) is 22.9. The molecule has 4 saturated heterocycles. The minimum Gasteiger partial charge on any atom is -0.492 e. The number of amides is 4. The predicted molar refractivity (Wildman–Crippen MR) is 255 cm³/mol. The molecule has 360 valence electrons. The highest BCUT2D eigenvalue weighted by Crippen LogP contribution is 2.33. The molecular weight excluding hydrogens is 887 g/mol. The first kappa shape index (κ1) is 46.9. The maximum Gasteiger partial charge on any atom is 0.254 e. The predicted octanol–water partition coefficient (Wildman–Crippen LogP) is 4.29. The molecule has 1 unspecified atom stereocenters. The Morgan fingerprint density at radius 1 is 0.899 bits per heavy atom. The van der Waals surface area contributed by atoms with Gasteiger partial charge in [0.2, 0.25) is 17.7 Å². The van der Waals surface area contributed by atoms with Gasteiger partial charge in [-0.3, -0.25) is 34.3 Å². The Morgan fingerprint density at radius 3 is 2.35 bits per heavy atom. The molecule has 0 bridgehead atoms. The lowest BCUT2D eigenvalue weighted by Crippen LogP contribution is -2.62. The molecule has 5 aromatic rings. The van der Waals surface area contributed by atoms with E-state index in [2.05, 4.69) is 46.7 Å². The van der Waals surface area contributed by atoms with Crippen LogP contribution in [0.3, 0.4) is 0 Å². The number of piperidine rings is 2. The quantitative estimate of drug-likeness (QED) is 0.134. The lowest BCUT2D eigenvalue weighted by Gasteiger charge is -2.46. The van der Waals surface area contributed by atoms with E-state index in [1.165, 1.54) is 6.20 Å². The highest BCUT2D eigenvalue weighted by Gasteiger charge is 2.40. The molecule has 17 nitrogen and oxygen atoms in total. The largest absolute Gasteiger partial charge is 0.492 e. The fourth-order valence-electron chi connectivity index (χ4n) is 9.87. The molecule has 3 N–H and O–H groups in total. The van der Waals surface area contributed by atoms with E-state index in [0.717, 1.165) is 72.7 Å². The number of ether oxygens (including phenoxy) is 1. The van der Waals surface area contributed by atoms with Gasteiger partial charge in [0.1, 0.15) is 35.3 Å². The number of carbonyl (C=O) groups is 4. The number of imide groups is 1. The summed E-state index contributed by atoms with van der Waals surface area (Å²) < 4.78 is 36.6. The van der Waals surface area contributed by atoms with Gasteiger partial charge in [-0.15, -0.1) is 0 Å². The average Bonchev–Trinajstić information content (AvgIpc) is 3.79. The third kappa shape index (κ3) is 10.8. The summed E-state index contributed by atoms with van der Waals surface area (Å²) in [6.45, 7) is 10.2. The van der Waals surface area contributed by atoms with Gasteiger partial charge in [-0.25, -0.2) is 18.3 Å². The van der Waals surface area contributed by atoms with Crippen LogP contribution in [0.1, 0.15) is 54.9 Å². The number of hydrogen-bond acceptors (Lipinski definition) is 13. The zero-order chi connectivity index (χ0) is 48.1. The van der Waals surface area contributed by atoms with Crippen LogP contribution < -0.4 is 30.5 Å². The Morgan fingerprint density at radius 2 is 1.65 bits per heavy atom. The maximum atomic E-state index is 14.9. The number of nitriles is 1. The lowest BCUT2D eigenvalue weighted by molar-refractivity contribution is -0.134. The van der Waals surface area contributed by atoms with E-state index >= 15 is 0 Å². The summed E-state index contributed by atoms with van der Waals surface area (Å²) >= 11 is 0. The van der Waals surface area contributed by atoms with Crippen molar-refractivity contribution in [3.05, 3.63) is 102 Å². The van der Waals surface area contributed by atoms with E-state index in [9.17, 15) is 33.2 Å². The zero-order valence-electron chi connectivity index (χ0n) is 38.6. The summed E-state index contributed by atoms with van der Waals surface area (Å²) in [5.41, 5.74) is 3.44. The van der Waals surface area contributed by atoms with E-state index in [1.54, 1.807) is 16.9 Å². The van der Waals surface area contributed by atoms with Gasteiger partial charge < -0.3 is 30.1 Å². The van der Waals surface area contributed by atoms with Gasteiger partial charge in [-0.2, -0.15) is 10.4 Å². The normalized spacial score (nSPS) is 19.0. The van der Waals surface area contributed by atoms with E-state index in [1.807, 2.05) is 54.3 Å². The van der Waals surface area contributed by atoms with Crippen molar-refractivity contribution in [1.29, 1.82) is 5.26 Å². The second kappa shape index (κ2) is 20.6. The Hall–Kier alpha value is -7.17. The van der Waals surface area contributed by atoms with Gasteiger partial charge in [0.05, 0.1) is 41.2 Å². The van der Waals surface area contributed by atoms with Crippen molar-refractivity contribution in [2.24, 2.45) is 0 Å². The molecule has 4 fully saturated rings. The van der Waals surface area contributed by atoms with E-state index in [0.29, 0.717) is 108 Å². The summed E-state index contributed by atoms with van der Waals surface area (Å²) in [4.78, 5) is 66.6. The lowest BCUT2D eigenvalue weighted by atomic mass is 9.86. The van der Waals surface area contributed by atoms with Crippen molar-refractivity contribution in [2.45, 2.75) is 50.6 Å². The highest BCUT2D eigenvalue weighted by atomic mass is 19.1. The number of hydrogen-bond donors (Lipinski definition) is 3. The Balaban J connectivity index is 0.780. The number of rotatable bonds is 14. The van der Waals surface area contributed by atoms with Crippen LogP contribution in [0.4, 0.5) is 26.0 Å².